The van der Waals surface area contributed by atoms with E-state index in [9.17, 15) is 9.59 Å². The maximum Gasteiger partial charge on any atom is 0.265 e. The van der Waals surface area contributed by atoms with Gasteiger partial charge in [0.05, 0.1) is 4.88 Å². The summed E-state index contributed by atoms with van der Waals surface area (Å²) in [5.41, 5.74) is 8.01. The Morgan fingerprint density at radius 3 is 2.47 bits per heavy atom. The van der Waals surface area contributed by atoms with E-state index in [1.54, 1.807) is 6.07 Å². The Hall–Kier alpha value is -2.96. The second-order valence-electron chi connectivity index (χ2n) is 8.03. The van der Waals surface area contributed by atoms with Gasteiger partial charge in [0.15, 0.2) is 0 Å². The number of rotatable bonds is 8. The molecule has 0 saturated carbocycles. The molecule has 0 radical (unpaired) electrons. The second-order valence-corrected chi connectivity index (χ2v) is 8.98. The van der Waals surface area contributed by atoms with Crippen molar-refractivity contribution < 1.29 is 9.59 Å². The number of carbonyl (C=O) groups is 2. The van der Waals surface area contributed by atoms with E-state index in [-0.39, 0.29) is 17.2 Å². The Morgan fingerprint density at radius 2 is 1.80 bits per heavy atom. The van der Waals surface area contributed by atoms with Crippen LogP contribution in [0.1, 0.15) is 39.4 Å². The molecule has 3 rings (SSSR count). The smallest absolute Gasteiger partial charge is 0.265 e. The summed E-state index contributed by atoms with van der Waals surface area (Å²) in [5.74, 6) is -0.172. The van der Waals surface area contributed by atoms with Crippen LogP contribution in [0.15, 0.2) is 72.1 Å². The zero-order valence-corrected chi connectivity index (χ0v) is 18.1. The summed E-state index contributed by atoms with van der Waals surface area (Å²) in [5, 5.41) is 4.80. The summed E-state index contributed by atoms with van der Waals surface area (Å²) in [6.45, 7) is 5.54. The van der Waals surface area contributed by atoms with Crippen LogP contribution in [0.25, 0.3) is 0 Å². The third-order valence-corrected chi connectivity index (χ3v) is 5.65. The van der Waals surface area contributed by atoms with Crippen LogP contribution < -0.4 is 11.1 Å². The van der Waals surface area contributed by atoms with Crippen LogP contribution in [-0.2, 0) is 6.54 Å². The quantitative estimate of drug-likeness (QED) is 0.557. The van der Waals surface area contributed by atoms with E-state index in [1.165, 1.54) is 11.3 Å². The third kappa shape index (κ3) is 5.78. The van der Waals surface area contributed by atoms with E-state index >= 15 is 0 Å². The fourth-order valence-electron chi connectivity index (χ4n) is 3.11. The number of thiophene rings is 1. The molecular weight excluding hydrogens is 394 g/mol. The molecule has 0 aliphatic carbocycles. The van der Waals surface area contributed by atoms with Crippen LogP contribution >= 0.6 is 11.3 Å². The van der Waals surface area contributed by atoms with Crippen LogP contribution in [0.2, 0.25) is 0 Å². The molecule has 2 aromatic carbocycles. The first kappa shape index (κ1) is 21.7. The van der Waals surface area contributed by atoms with Gasteiger partial charge in [-0.05, 0) is 53.2 Å². The van der Waals surface area contributed by atoms with Crippen LogP contribution in [0.4, 0.5) is 5.69 Å². The fraction of sp³-hybridized carbons (Fsp3) is 0.250. The van der Waals surface area contributed by atoms with E-state index in [4.69, 9.17) is 5.73 Å². The van der Waals surface area contributed by atoms with Crippen LogP contribution in [0, 0.1) is 5.41 Å². The topological polar surface area (TPSA) is 75.4 Å². The van der Waals surface area contributed by atoms with Gasteiger partial charge in [-0.2, -0.15) is 0 Å². The van der Waals surface area contributed by atoms with Crippen molar-refractivity contribution in [3.63, 3.8) is 0 Å². The fourth-order valence-corrected chi connectivity index (χ4v) is 3.73. The zero-order chi connectivity index (χ0) is 21.6. The largest absolute Gasteiger partial charge is 0.334 e. The van der Waals surface area contributed by atoms with Gasteiger partial charge in [0.1, 0.15) is 0 Å². The molecule has 30 heavy (non-hydrogen) atoms. The lowest BCUT2D eigenvalue weighted by atomic mass is 9.92. The van der Waals surface area contributed by atoms with Gasteiger partial charge in [0.2, 0.25) is 0 Å². The van der Waals surface area contributed by atoms with Crippen molar-refractivity contribution in [3.8, 4) is 0 Å². The number of nitrogens with one attached hydrogen (secondary N) is 1. The molecule has 5 nitrogen and oxygen atoms in total. The van der Waals surface area contributed by atoms with Crippen molar-refractivity contribution in [3.05, 3.63) is 88.1 Å². The molecule has 0 bridgehead atoms. The number of nitrogens with zero attached hydrogens (tertiary/aromatic N) is 1. The maximum atomic E-state index is 13.2. The summed E-state index contributed by atoms with van der Waals surface area (Å²) in [6.07, 6.45) is 0. The highest BCUT2D eigenvalue weighted by molar-refractivity contribution is 7.12. The minimum atomic E-state index is -0.213. The predicted octanol–water partition coefficient (Wildman–Crippen LogP) is 4.63. The van der Waals surface area contributed by atoms with Gasteiger partial charge in [-0.15, -0.1) is 11.3 Å². The summed E-state index contributed by atoms with van der Waals surface area (Å²) >= 11 is 1.40. The molecule has 0 aliphatic rings. The molecule has 0 fully saturated rings. The van der Waals surface area contributed by atoms with Crippen LogP contribution in [-0.4, -0.2) is 29.8 Å². The van der Waals surface area contributed by atoms with Crippen molar-refractivity contribution in [2.75, 3.05) is 18.4 Å². The molecule has 1 heterocycles. The van der Waals surface area contributed by atoms with Gasteiger partial charge in [0.25, 0.3) is 11.8 Å². The average Bonchev–Trinajstić information content (AvgIpc) is 3.29. The normalized spacial score (nSPS) is 11.2. The molecule has 3 aromatic rings. The monoisotopic (exact) mass is 421 g/mol. The minimum absolute atomic E-state index is 0.0369. The summed E-state index contributed by atoms with van der Waals surface area (Å²) in [7, 11) is 0. The van der Waals surface area contributed by atoms with E-state index < -0.39 is 0 Å². The molecule has 0 unspecified atom stereocenters. The molecule has 0 spiro atoms. The Kier molecular flexibility index (Phi) is 7.03. The van der Waals surface area contributed by atoms with Crippen LogP contribution in [0.5, 0.6) is 0 Å². The van der Waals surface area contributed by atoms with Gasteiger partial charge in [-0.25, -0.2) is 0 Å². The molecule has 0 saturated heterocycles. The molecular formula is C24H27N3O2S. The number of amides is 2. The van der Waals surface area contributed by atoms with Gasteiger partial charge in [-0.1, -0.05) is 50.2 Å². The molecule has 6 heteroatoms. The first-order valence-electron chi connectivity index (χ1n) is 9.86. The highest BCUT2D eigenvalue weighted by atomic mass is 32.1. The highest BCUT2D eigenvalue weighted by Crippen LogP contribution is 2.21. The summed E-state index contributed by atoms with van der Waals surface area (Å²) in [4.78, 5) is 28.0. The minimum Gasteiger partial charge on any atom is -0.334 e. The molecule has 2 amide bonds. The Balaban J connectivity index is 1.80. The van der Waals surface area contributed by atoms with Crippen molar-refractivity contribution >= 4 is 28.8 Å². The second kappa shape index (κ2) is 9.69. The third-order valence-electron chi connectivity index (χ3n) is 4.78. The molecule has 1 aromatic heterocycles. The number of anilines is 1. The van der Waals surface area contributed by atoms with Gasteiger partial charge in [-0.3, -0.25) is 9.59 Å². The lowest BCUT2D eigenvalue weighted by molar-refractivity contribution is 0.0673. The zero-order valence-electron chi connectivity index (χ0n) is 17.3. The molecule has 3 N–H and O–H groups in total. The molecule has 0 aliphatic heterocycles. The highest BCUT2D eigenvalue weighted by Gasteiger charge is 2.25. The SMILES string of the molecule is CC(C)(CN)CN(Cc1cccc(NC(=O)c2cccs2)c1)C(=O)c1ccccc1. The molecule has 156 valence electrons. The first-order valence-corrected chi connectivity index (χ1v) is 10.7. The maximum absolute atomic E-state index is 13.2. The van der Waals surface area contributed by atoms with Crippen molar-refractivity contribution in [2.24, 2.45) is 11.1 Å². The molecule has 0 atom stereocenters. The van der Waals surface area contributed by atoms with Crippen molar-refractivity contribution in [1.82, 2.24) is 4.90 Å². The standard InChI is InChI=1S/C24H27N3O2S/c1-24(2,16-25)17-27(23(29)19-9-4-3-5-10-19)15-18-8-6-11-20(14-18)26-22(28)21-12-7-13-30-21/h3-14H,15-17,25H2,1-2H3,(H,26,28). The van der Waals surface area contributed by atoms with Crippen molar-refractivity contribution in [1.29, 1.82) is 0 Å². The van der Waals surface area contributed by atoms with Crippen molar-refractivity contribution in [2.45, 2.75) is 20.4 Å². The Bertz CT molecular complexity index is 985. The summed E-state index contributed by atoms with van der Waals surface area (Å²) < 4.78 is 0. The van der Waals surface area contributed by atoms with E-state index in [2.05, 4.69) is 19.2 Å². The van der Waals surface area contributed by atoms with E-state index in [1.807, 2.05) is 70.9 Å². The number of nitrogens with two attached hydrogens (primary N) is 1. The van der Waals surface area contributed by atoms with E-state index in [0.717, 1.165) is 5.56 Å². The van der Waals surface area contributed by atoms with E-state index in [0.29, 0.717) is 35.8 Å². The first-order chi connectivity index (χ1) is 14.4. The number of hydrogen-bond donors (Lipinski definition) is 2. The lowest BCUT2D eigenvalue weighted by Crippen LogP contribution is -2.41. The van der Waals surface area contributed by atoms with Gasteiger partial charge in [0, 0.05) is 24.3 Å². The van der Waals surface area contributed by atoms with Crippen LogP contribution in [0.3, 0.4) is 0 Å². The average molecular weight is 422 g/mol. The van der Waals surface area contributed by atoms with Gasteiger partial charge < -0.3 is 16.0 Å². The number of carbonyl (C=O) groups excluding carboxylic acids is 2. The Labute approximate surface area is 181 Å². The summed E-state index contributed by atoms with van der Waals surface area (Å²) in [6, 6.07) is 20.5. The van der Waals surface area contributed by atoms with Gasteiger partial charge >= 0.3 is 0 Å². The number of hydrogen-bond acceptors (Lipinski definition) is 4. The lowest BCUT2D eigenvalue weighted by Gasteiger charge is -2.32. The predicted molar refractivity (Wildman–Crippen MR) is 123 cm³/mol. The Morgan fingerprint density at radius 1 is 1.03 bits per heavy atom. The number of benzene rings is 2.